The third kappa shape index (κ3) is 17.2. The Labute approximate surface area is 688 Å². The predicted octanol–water partition coefficient (Wildman–Crippen LogP) is 23.2. The van der Waals surface area contributed by atoms with Crippen molar-refractivity contribution in [2.45, 2.75) is 176 Å². The van der Waals surface area contributed by atoms with E-state index in [4.69, 9.17) is 32.3 Å². The molecule has 16 heteroatoms. The number of nitrogens with zero attached hydrogens (tertiary/aromatic N) is 3. The van der Waals surface area contributed by atoms with Gasteiger partial charge < -0.3 is 47.0 Å². The Morgan fingerprint density at radius 3 is 0.835 bits per heavy atom. The summed E-state index contributed by atoms with van der Waals surface area (Å²) >= 11 is 0. The monoisotopic (exact) mass is 1570 g/mol. The molecular weight excluding hydrogens is 1460 g/mol. The van der Waals surface area contributed by atoms with Gasteiger partial charge in [0.1, 0.15) is 5.58 Å². The van der Waals surface area contributed by atoms with Crippen LogP contribution in [0.15, 0.2) is 302 Å². The first-order chi connectivity index (χ1) is 54.4. The molecule has 0 atom stereocenters. The number of hydrogen-bond donors (Lipinski definition) is 0. The molecule has 0 saturated carbocycles. The maximum Gasteiger partial charge on any atom is 0.494 e. The van der Waals surface area contributed by atoms with Crippen LogP contribution in [0.1, 0.15) is 83.1 Å². The Morgan fingerprint density at radius 2 is 0.496 bits per heavy atom. The van der Waals surface area contributed by atoms with E-state index < -0.39 is 42.5 Å². The van der Waals surface area contributed by atoms with E-state index in [9.17, 15) is 0 Å². The number of para-hydroxylation sites is 4. The van der Waals surface area contributed by atoms with E-state index in [1.54, 1.807) is 0 Å². The van der Waals surface area contributed by atoms with Crippen LogP contribution in [0.2, 0.25) is 58.9 Å². The zero-order valence-corrected chi connectivity index (χ0v) is 74.2. The van der Waals surface area contributed by atoms with Crippen molar-refractivity contribution in [1.82, 2.24) is 0 Å². The summed E-state index contributed by atoms with van der Waals surface area (Å²) in [6.07, 6.45) is 0. The van der Waals surface area contributed by atoms with Crippen molar-refractivity contribution in [1.29, 1.82) is 0 Å². The number of fused-ring (bicyclic) bond motifs is 3. The average Bonchev–Trinajstić information content (AvgIpc) is 1.67. The second-order valence-corrected chi connectivity index (χ2v) is 52.2. The summed E-state index contributed by atoms with van der Waals surface area (Å²) in [5.41, 5.74) is 17.1. The predicted molar refractivity (Wildman–Crippen MR) is 498 cm³/mol. The van der Waals surface area contributed by atoms with Crippen LogP contribution >= 0.6 is 0 Å². The highest BCUT2D eigenvalue weighted by Crippen LogP contribution is 2.48. The van der Waals surface area contributed by atoms with Gasteiger partial charge in [-0.1, -0.05) is 275 Å². The minimum atomic E-state index is -1.41. The SMILES string of the molecule is CC1(C)OB(c2ccc(N(c3ccc([Si](C)(C)C)cc3)c3ccc([Si](C)(C)C)cc3)cc2)OC1(C)C.CC1(C)OB(c2ccc(N(c3ccc([Si](C)(C)C)cc3)c3ccccc3-c3ccccc3)cc2)OC1(C)C.CC1(C)OB(c2ccc(N(c3ccccc3-c3ccccc3)c3cccc4c3oc3ccccc34)cc2)OC1(C)C. The van der Waals surface area contributed by atoms with Gasteiger partial charge in [-0.05, 0) is 208 Å². The lowest BCUT2D eigenvalue weighted by Gasteiger charge is -2.32. The molecule has 0 aliphatic carbocycles. The number of benzene rings is 12. The zero-order valence-electron chi connectivity index (χ0n) is 71.2. The number of furan rings is 1. The van der Waals surface area contributed by atoms with Gasteiger partial charge in [0.05, 0.1) is 74.9 Å². The molecule has 0 N–H and O–H groups in total. The molecule has 1 aromatic heterocycles. The molecule has 0 bridgehead atoms. The first-order valence-corrected chi connectivity index (χ1v) is 51.2. The molecule has 16 rings (SSSR count). The van der Waals surface area contributed by atoms with Crippen molar-refractivity contribution in [3.05, 3.63) is 297 Å². The fourth-order valence-electron chi connectivity index (χ4n) is 14.9. The van der Waals surface area contributed by atoms with Gasteiger partial charge in [0.25, 0.3) is 0 Å². The van der Waals surface area contributed by atoms with E-state index in [0.717, 1.165) is 89.3 Å². The first kappa shape index (κ1) is 82.0. The molecule has 13 aromatic rings. The first-order valence-electron chi connectivity index (χ1n) is 40.7. The van der Waals surface area contributed by atoms with E-state index in [0.29, 0.717) is 0 Å². The standard InChI is InChI=1S/C36H32BNO3.C33H38BNO2Si.C30H42BNO2Si2/c1-35(2)36(3,4)41-37(40-35)26-21-23-27(24-22-26)38(31-18-10-8-15-28(31)25-13-6-5-7-14-25)32-19-12-17-30-29-16-9-11-20-33(29)39-34(30)32;1-32(2)33(3,4)37-34(36-32)26-17-19-27(20-18-26)35(28-21-23-29(24-22-28)38(5,6)7)31-16-12-11-15-30(31)25-13-9-8-10-14-25;1-29(2)30(3,4)34-31(33-29)23-11-13-24(14-12-23)32(25-15-19-27(20-16-25)35(5,6)7)26-17-21-28(22-18-26)36(8,9)10/h5-24H,1-4H3;8-24H,1-7H3;11-22H,1-10H3. The van der Waals surface area contributed by atoms with Crippen molar-refractivity contribution in [3.63, 3.8) is 0 Å². The molecule has 3 saturated heterocycles. The van der Waals surface area contributed by atoms with Crippen LogP contribution < -0.4 is 46.6 Å². The largest absolute Gasteiger partial charge is 0.494 e. The average molecular weight is 1570 g/mol. The molecule has 0 spiro atoms. The number of anilines is 9. The minimum Gasteiger partial charge on any atom is -0.454 e. The molecule has 0 amide bonds. The molecule has 3 fully saturated rings. The van der Waals surface area contributed by atoms with E-state index in [1.165, 1.54) is 38.1 Å². The molecule has 115 heavy (non-hydrogen) atoms. The van der Waals surface area contributed by atoms with Crippen LogP contribution in [0.4, 0.5) is 51.2 Å². The molecule has 10 nitrogen and oxygen atoms in total. The fraction of sp³-hybridized carbons (Fsp3) is 0.273. The third-order valence-corrected chi connectivity index (χ3v) is 30.3. The van der Waals surface area contributed by atoms with Gasteiger partial charge in [-0.25, -0.2) is 0 Å². The molecule has 0 unspecified atom stereocenters. The van der Waals surface area contributed by atoms with Crippen LogP contribution in [0, 0.1) is 0 Å². The number of rotatable bonds is 17. The summed E-state index contributed by atoms with van der Waals surface area (Å²) in [4.78, 5) is 6.99. The summed E-state index contributed by atoms with van der Waals surface area (Å²) in [5, 5.41) is 6.59. The topological polar surface area (TPSA) is 78.2 Å². The summed E-state index contributed by atoms with van der Waals surface area (Å²) in [6, 6.07) is 106. The lowest BCUT2D eigenvalue weighted by molar-refractivity contribution is 0.00578. The smallest absolute Gasteiger partial charge is 0.454 e. The molecular formula is C99H112B3N3O7Si3. The Morgan fingerprint density at radius 1 is 0.235 bits per heavy atom. The van der Waals surface area contributed by atoms with E-state index >= 15 is 0 Å². The summed E-state index contributed by atoms with van der Waals surface area (Å²) in [5.74, 6) is 0. The van der Waals surface area contributed by atoms with Gasteiger partial charge in [0.2, 0.25) is 0 Å². The molecule has 586 valence electrons. The van der Waals surface area contributed by atoms with Crippen molar-refractivity contribution < 1.29 is 32.3 Å². The van der Waals surface area contributed by atoms with Crippen molar-refractivity contribution in [2.24, 2.45) is 0 Å². The second kappa shape index (κ2) is 31.8. The van der Waals surface area contributed by atoms with Crippen molar-refractivity contribution in [3.8, 4) is 22.3 Å². The maximum absolute atomic E-state index is 6.52. The molecule has 3 aliphatic rings. The van der Waals surface area contributed by atoms with Crippen LogP contribution in [0.3, 0.4) is 0 Å². The number of hydrogen-bond acceptors (Lipinski definition) is 10. The van der Waals surface area contributed by atoms with Gasteiger partial charge >= 0.3 is 21.4 Å². The van der Waals surface area contributed by atoms with Crippen molar-refractivity contribution in [2.75, 3.05) is 14.7 Å². The van der Waals surface area contributed by atoms with Gasteiger partial charge in [0.15, 0.2) is 5.58 Å². The summed E-state index contributed by atoms with van der Waals surface area (Å²) in [6.45, 7) is 46.6. The lowest BCUT2D eigenvalue weighted by Crippen LogP contribution is -2.41. The summed E-state index contributed by atoms with van der Waals surface area (Å²) < 4.78 is 44.4. The Kier molecular flexibility index (Phi) is 22.7. The lowest BCUT2D eigenvalue weighted by atomic mass is 9.79. The maximum atomic E-state index is 6.52. The van der Waals surface area contributed by atoms with Crippen molar-refractivity contribution >= 4 is 151 Å². The third-order valence-electron chi connectivity index (χ3n) is 24.1. The summed E-state index contributed by atoms with van der Waals surface area (Å²) in [7, 11) is -5.29. The van der Waals surface area contributed by atoms with Crippen LogP contribution in [-0.2, 0) is 27.9 Å². The zero-order chi connectivity index (χ0) is 81.8. The van der Waals surface area contributed by atoms with Gasteiger partial charge in [-0.3, -0.25) is 0 Å². The van der Waals surface area contributed by atoms with Gasteiger partial charge in [-0.2, -0.15) is 0 Å². The van der Waals surface area contributed by atoms with E-state index in [1.807, 2.05) is 18.2 Å². The van der Waals surface area contributed by atoms with Crippen LogP contribution in [0.5, 0.6) is 0 Å². The molecule has 12 aromatic carbocycles. The highest BCUT2D eigenvalue weighted by Gasteiger charge is 2.54. The molecule has 0 radical (unpaired) electrons. The Bertz CT molecular complexity index is 5420. The van der Waals surface area contributed by atoms with E-state index in [-0.39, 0.29) is 36.6 Å². The van der Waals surface area contributed by atoms with Gasteiger partial charge in [-0.15, -0.1) is 0 Å². The van der Waals surface area contributed by atoms with Crippen LogP contribution in [-0.4, -0.2) is 79.2 Å². The fourth-order valence-corrected chi connectivity index (χ4v) is 18.4. The second-order valence-electron chi connectivity index (χ2n) is 37.0. The highest BCUT2D eigenvalue weighted by molar-refractivity contribution is 6.89. The normalized spacial score (nSPS) is 16.5. The Balaban J connectivity index is 0.000000143. The Hall–Kier alpha value is -9.55. The quantitative estimate of drug-likeness (QED) is 0.0823. The van der Waals surface area contributed by atoms with Crippen LogP contribution in [0.25, 0.3) is 44.2 Å². The van der Waals surface area contributed by atoms with Gasteiger partial charge in [0, 0.05) is 56.0 Å². The minimum absolute atomic E-state index is 0.349. The molecule has 3 aliphatic heterocycles. The highest BCUT2D eigenvalue weighted by atomic mass is 28.3. The van der Waals surface area contributed by atoms with E-state index in [2.05, 4.69) is 436 Å². The molecule has 4 heterocycles.